The summed E-state index contributed by atoms with van der Waals surface area (Å²) in [5.41, 5.74) is 0.796. The first-order chi connectivity index (χ1) is 14.3. The summed E-state index contributed by atoms with van der Waals surface area (Å²) in [6.07, 6.45) is 0. The molecule has 0 bridgehead atoms. The molecule has 1 atom stereocenters. The van der Waals surface area contributed by atoms with Crippen LogP contribution < -0.4 is 13.8 Å². The molecule has 0 aromatic heterocycles. The lowest BCUT2D eigenvalue weighted by Crippen LogP contribution is -2.34. The average Bonchev–Trinajstić information content (AvgIpc) is 2.74. The minimum absolute atomic E-state index is 0.0954. The maximum Gasteiger partial charge on any atom is 0.264 e. The van der Waals surface area contributed by atoms with Gasteiger partial charge in [0, 0.05) is 5.56 Å². The van der Waals surface area contributed by atoms with Crippen LogP contribution in [0.1, 0.15) is 18.5 Å². The zero-order valence-corrected chi connectivity index (χ0v) is 17.5. The summed E-state index contributed by atoms with van der Waals surface area (Å²) in [7, 11) is -1.14. The molecule has 5 nitrogen and oxygen atoms in total. The predicted octanol–water partition coefficient (Wildman–Crippen LogP) is 4.94. The average molecular weight is 433 g/mol. The number of hydrogen-bond donors (Lipinski definition) is 0. The van der Waals surface area contributed by atoms with E-state index in [9.17, 15) is 17.2 Å². The van der Waals surface area contributed by atoms with E-state index in [0.717, 1.165) is 16.4 Å². The Bertz CT molecular complexity index is 1120. The Hall–Kier alpha value is -3.13. The molecule has 0 radical (unpaired) electrons. The fourth-order valence-electron chi connectivity index (χ4n) is 3.17. The van der Waals surface area contributed by atoms with Crippen LogP contribution in [0.2, 0.25) is 0 Å². The Morgan fingerprint density at radius 2 is 1.40 bits per heavy atom. The number of sulfonamides is 1. The van der Waals surface area contributed by atoms with E-state index in [1.165, 1.54) is 50.6 Å². The van der Waals surface area contributed by atoms with E-state index < -0.39 is 27.7 Å². The minimum atomic E-state index is -4.13. The van der Waals surface area contributed by atoms with Crippen molar-refractivity contribution < 1.29 is 26.7 Å². The molecule has 0 aliphatic rings. The summed E-state index contributed by atoms with van der Waals surface area (Å²) >= 11 is 0. The second-order valence-electron chi connectivity index (χ2n) is 6.52. The highest BCUT2D eigenvalue weighted by Gasteiger charge is 2.32. The molecule has 3 aromatic rings. The van der Waals surface area contributed by atoms with Crippen molar-refractivity contribution in [2.24, 2.45) is 0 Å². The van der Waals surface area contributed by atoms with Crippen molar-refractivity contribution in [1.82, 2.24) is 0 Å². The Labute approximate surface area is 174 Å². The zero-order chi connectivity index (χ0) is 21.9. The fourth-order valence-corrected chi connectivity index (χ4v) is 4.81. The van der Waals surface area contributed by atoms with Crippen molar-refractivity contribution in [2.45, 2.75) is 17.9 Å². The van der Waals surface area contributed by atoms with Gasteiger partial charge in [0.05, 0.1) is 30.8 Å². The van der Waals surface area contributed by atoms with Crippen LogP contribution in [0.15, 0.2) is 71.6 Å². The zero-order valence-electron chi connectivity index (χ0n) is 16.7. The first-order valence-corrected chi connectivity index (χ1v) is 10.5. The molecule has 0 aliphatic heterocycles. The predicted molar refractivity (Wildman–Crippen MR) is 110 cm³/mol. The van der Waals surface area contributed by atoms with Gasteiger partial charge in [0.1, 0.15) is 23.1 Å². The van der Waals surface area contributed by atoms with E-state index >= 15 is 0 Å². The highest BCUT2D eigenvalue weighted by atomic mass is 32.2. The smallest absolute Gasteiger partial charge is 0.264 e. The molecule has 0 N–H and O–H groups in total. The normalized spacial score (nSPS) is 12.3. The molecule has 158 valence electrons. The van der Waals surface area contributed by atoms with Gasteiger partial charge in [-0.15, -0.1) is 0 Å². The van der Waals surface area contributed by atoms with Crippen molar-refractivity contribution in [3.8, 4) is 11.5 Å². The van der Waals surface area contributed by atoms with E-state index in [2.05, 4.69) is 0 Å². The third-order valence-corrected chi connectivity index (χ3v) is 6.60. The monoisotopic (exact) mass is 433 g/mol. The van der Waals surface area contributed by atoms with Crippen molar-refractivity contribution >= 4 is 15.7 Å². The lowest BCUT2D eigenvalue weighted by molar-refractivity contribution is 0.396. The lowest BCUT2D eigenvalue weighted by atomic mass is 10.1. The minimum Gasteiger partial charge on any atom is -0.497 e. The van der Waals surface area contributed by atoms with Crippen molar-refractivity contribution in [3.63, 3.8) is 0 Å². The molecule has 1 unspecified atom stereocenters. The van der Waals surface area contributed by atoms with E-state index in [0.29, 0.717) is 17.1 Å². The summed E-state index contributed by atoms with van der Waals surface area (Å²) in [5.74, 6) is -0.0603. The molecule has 0 saturated heterocycles. The number of ether oxygens (including phenoxy) is 2. The Morgan fingerprint density at radius 1 is 0.833 bits per heavy atom. The van der Waals surface area contributed by atoms with Crippen molar-refractivity contribution in [1.29, 1.82) is 0 Å². The first kappa shape index (κ1) is 21.6. The lowest BCUT2D eigenvalue weighted by Gasteiger charge is -2.31. The summed E-state index contributed by atoms with van der Waals surface area (Å²) in [6.45, 7) is 1.68. The number of halogens is 2. The van der Waals surface area contributed by atoms with Gasteiger partial charge < -0.3 is 9.47 Å². The SMILES string of the molecule is COc1ccc(OC)c(C(C)N(c2ccc(F)cc2)S(=O)(=O)c2ccc(F)cc2)c1. The van der Waals surface area contributed by atoms with Gasteiger partial charge in [-0.25, -0.2) is 17.2 Å². The molecule has 0 spiro atoms. The van der Waals surface area contributed by atoms with Gasteiger partial charge >= 0.3 is 0 Å². The van der Waals surface area contributed by atoms with Crippen molar-refractivity contribution in [2.75, 3.05) is 18.5 Å². The van der Waals surface area contributed by atoms with Crippen molar-refractivity contribution in [3.05, 3.63) is 83.9 Å². The van der Waals surface area contributed by atoms with Gasteiger partial charge in [-0.2, -0.15) is 0 Å². The quantitative estimate of drug-likeness (QED) is 0.530. The molecule has 0 aliphatic carbocycles. The second kappa shape index (κ2) is 8.71. The Kier molecular flexibility index (Phi) is 6.26. The molecular weight excluding hydrogens is 412 g/mol. The summed E-state index contributed by atoms with van der Waals surface area (Å²) < 4.78 is 65.8. The van der Waals surface area contributed by atoms with Gasteiger partial charge in [0.25, 0.3) is 10.0 Å². The van der Waals surface area contributed by atoms with Crippen LogP contribution in [0.3, 0.4) is 0 Å². The van der Waals surface area contributed by atoms with E-state index in [4.69, 9.17) is 9.47 Å². The molecule has 0 saturated carbocycles. The topological polar surface area (TPSA) is 55.8 Å². The fraction of sp³-hybridized carbons (Fsp3) is 0.182. The molecule has 30 heavy (non-hydrogen) atoms. The van der Waals surface area contributed by atoms with Crippen LogP contribution in [-0.4, -0.2) is 22.6 Å². The van der Waals surface area contributed by atoms with Crippen LogP contribution in [0.4, 0.5) is 14.5 Å². The molecular formula is C22H21F2NO4S. The van der Waals surface area contributed by atoms with Crippen LogP contribution in [0.5, 0.6) is 11.5 Å². The second-order valence-corrected chi connectivity index (χ2v) is 8.33. The molecule has 3 rings (SSSR count). The van der Waals surface area contributed by atoms with Crippen LogP contribution in [0.25, 0.3) is 0 Å². The number of nitrogens with zero attached hydrogens (tertiary/aromatic N) is 1. The third-order valence-electron chi connectivity index (χ3n) is 4.69. The highest BCUT2D eigenvalue weighted by molar-refractivity contribution is 7.92. The van der Waals surface area contributed by atoms with Crippen LogP contribution in [-0.2, 0) is 10.0 Å². The molecule has 3 aromatic carbocycles. The van der Waals surface area contributed by atoms with Crippen LogP contribution >= 0.6 is 0 Å². The largest absolute Gasteiger partial charge is 0.497 e. The van der Waals surface area contributed by atoms with E-state index in [1.807, 2.05) is 0 Å². The Balaban J connectivity index is 2.20. The summed E-state index contributed by atoms with van der Waals surface area (Å²) in [4.78, 5) is -0.0954. The van der Waals surface area contributed by atoms with Gasteiger partial charge in [-0.1, -0.05) is 0 Å². The van der Waals surface area contributed by atoms with E-state index in [-0.39, 0.29) is 10.6 Å². The number of rotatable bonds is 7. The molecule has 0 heterocycles. The van der Waals surface area contributed by atoms with Gasteiger partial charge in [-0.3, -0.25) is 4.31 Å². The standard InChI is InChI=1S/C22H21F2NO4S/c1-15(21-14-19(28-2)10-13-22(21)29-3)25(18-8-4-16(23)5-9-18)30(26,27)20-11-6-17(24)7-12-20/h4-15H,1-3H3. The molecule has 0 fully saturated rings. The molecule has 8 heteroatoms. The Morgan fingerprint density at radius 3 is 1.93 bits per heavy atom. The summed E-state index contributed by atoms with van der Waals surface area (Å²) in [6, 6.07) is 13.9. The third kappa shape index (κ3) is 4.23. The van der Waals surface area contributed by atoms with Gasteiger partial charge in [-0.05, 0) is 73.7 Å². The number of methoxy groups -OCH3 is 2. The van der Waals surface area contributed by atoms with Gasteiger partial charge in [0.2, 0.25) is 0 Å². The first-order valence-electron chi connectivity index (χ1n) is 9.05. The number of benzene rings is 3. The number of hydrogen-bond acceptors (Lipinski definition) is 4. The molecule has 0 amide bonds. The highest BCUT2D eigenvalue weighted by Crippen LogP contribution is 2.38. The number of anilines is 1. The van der Waals surface area contributed by atoms with Gasteiger partial charge in [0.15, 0.2) is 0 Å². The van der Waals surface area contributed by atoms with E-state index in [1.54, 1.807) is 25.1 Å². The maximum atomic E-state index is 13.5. The maximum absolute atomic E-state index is 13.5. The summed E-state index contributed by atoms with van der Waals surface area (Å²) in [5, 5.41) is 0. The van der Waals surface area contributed by atoms with Crippen LogP contribution in [0, 0.1) is 11.6 Å².